The van der Waals surface area contributed by atoms with Gasteiger partial charge in [0.2, 0.25) is 0 Å². The lowest BCUT2D eigenvalue weighted by molar-refractivity contribution is 0.0952. The average Bonchev–Trinajstić information content (AvgIpc) is 2.42. The second-order valence-electron chi connectivity index (χ2n) is 5.86. The van der Waals surface area contributed by atoms with Crippen molar-refractivity contribution in [3.05, 3.63) is 23.4 Å². The van der Waals surface area contributed by atoms with Crippen molar-refractivity contribution in [3.63, 3.8) is 0 Å². The highest BCUT2D eigenvalue weighted by molar-refractivity contribution is 5.95. The third kappa shape index (κ3) is 5.19. The highest BCUT2D eigenvalue weighted by atomic mass is 16.1. The molecule has 0 saturated heterocycles. The molecule has 0 radical (unpaired) electrons. The van der Waals surface area contributed by atoms with Crippen LogP contribution in [0.5, 0.6) is 0 Å². The van der Waals surface area contributed by atoms with E-state index < -0.39 is 0 Å². The zero-order valence-electron chi connectivity index (χ0n) is 13.3. The quantitative estimate of drug-likeness (QED) is 0.751. The molecule has 0 spiro atoms. The maximum Gasteiger partial charge on any atom is 0.251 e. The van der Waals surface area contributed by atoms with Crippen LogP contribution in [-0.2, 0) is 0 Å². The third-order valence-electron chi connectivity index (χ3n) is 3.20. The van der Waals surface area contributed by atoms with Gasteiger partial charge in [-0.05, 0) is 36.8 Å². The molecule has 0 aliphatic carbocycles. The molecule has 112 valence electrons. The van der Waals surface area contributed by atoms with Crippen molar-refractivity contribution in [2.45, 2.75) is 46.5 Å². The van der Waals surface area contributed by atoms with Crippen LogP contribution >= 0.6 is 0 Å². The minimum absolute atomic E-state index is 0.0189. The molecule has 0 aromatic carbocycles. The molecule has 0 unspecified atom stereocenters. The van der Waals surface area contributed by atoms with Crippen LogP contribution in [-0.4, -0.2) is 24.5 Å². The number of aromatic nitrogens is 1. The van der Waals surface area contributed by atoms with Crippen LogP contribution in [0.3, 0.4) is 0 Å². The van der Waals surface area contributed by atoms with E-state index in [4.69, 9.17) is 0 Å². The van der Waals surface area contributed by atoms with Gasteiger partial charge in [0.25, 0.3) is 5.91 Å². The standard InChI is InChI=1S/C16H27N3O/c1-11(2)7-6-8-18-16(20)13-9-14(12(3)4)19-15(10-13)17-5/h9-12H,6-8H2,1-5H3,(H,17,19)(H,18,20). The number of anilines is 1. The summed E-state index contributed by atoms with van der Waals surface area (Å²) in [5, 5.41) is 5.99. The van der Waals surface area contributed by atoms with E-state index in [0.29, 0.717) is 17.4 Å². The third-order valence-corrected chi connectivity index (χ3v) is 3.20. The fourth-order valence-electron chi connectivity index (χ4n) is 1.92. The minimum atomic E-state index is -0.0189. The highest BCUT2D eigenvalue weighted by Crippen LogP contribution is 2.17. The van der Waals surface area contributed by atoms with E-state index >= 15 is 0 Å². The van der Waals surface area contributed by atoms with E-state index in [2.05, 4.69) is 43.3 Å². The first-order valence-electron chi connectivity index (χ1n) is 7.42. The summed E-state index contributed by atoms with van der Waals surface area (Å²) in [5.74, 6) is 1.70. The second kappa shape index (κ2) is 7.88. The topological polar surface area (TPSA) is 54.0 Å². The fourth-order valence-corrected chi connectivity index (χ4v) is 1.92. The van der Waals surface area contributed by atoms with E-state index in [1.165, 1.54) is 0 Å². The second-order valence-corrected chi connectivity index (χ2v) is 5.86. The van der Waals surface area contributed by atoms with Gasteiger partial charge in [0.05, 0.1) is 0 Å². The van der Waals surface area contributed by atoms with E-state index in [1.807, 2.05) is 13.1 Å². The van der Waals surface area contributed by atoms with Crippen molar-refractivity contribution in [2.24, 2.45) is 5.92 Å². The van der Waals surface area contributed by atoms with Crippen molar-refractivity contribution in [1.82, 2.24) is 10.3 Å². The van der Waals surface area contributed by atoms with Crippen LogP contribution in [0.1, 0.15) is 62.5 Å². The van der Waals surface area contributed by atoms with Crippen LogP contribution < -0.4 is 10.6 Å². The smallest absolute Gasteiger partial charge is 0.251 e. The zero-order chi connectivity index (χ0) is 15.1. The fraction of sp³-hybridized carbons (Fsp3) is 0.625. The Morgan fingerprint density at radius 1 is 1.25 bits per heavy atom. The molecule has 4 nitrogen and oxygen atoms in total. The highest BCUT2D eigenvalue weighted by Gasteiger charge is 2.11. The van der Waals surface area contributed by atoms with Gasteiger partial charge in [0, 0.05) is 24.8 Å². The summed E-state index contributed by atoms with van der Waals surface area (Å²) in [6.45, 7) is 9.26. The number of amides is 1. The summed E-state index contributed by atoms with van der Waals surface area (Å²) in [4.78, 5) is 16.6. The van der Waals surface area contributed by atoms with Gasteiger partial charge in [-0.2, -0.15) is 0 Å². The summed E-state index contributed by atoms with van der Waals surface area (Å²) in [5.41, 5.74) is 1.61. The van der Waals surface area contributed by atoms with Gasteiger partial charge in [-0.25, -0.2) is 4.98 Å². The van der Waals surface area contributed by atoms with E-state index in [0.717, 1.165) is 30.9 Å². The summed E-state index contributed by atoms with van der Waals surface area (Å²) < 4.78 is 0. The Kier molecular flexibility index (Phi) is 6.49. The van der Waals surface area contributed by atoms with E-state index in [-0.39, 0.29) is 5.91 Å². The number of rotatable bonds is 7. The summed E-state index contributed by atoms with van der Waals surface area (Å²) in [6.07, 6.45) is 2.15. The van der Waals surface area contributed by atoms with Crippen LogP contribution in [0.4, 0.5) is 5.82 Å². The van der Waals surface area contributed by atoms with Crippen molar-refractivity contribution >= 4 is 11.7 Å². The molecule has 2 N–H and O–H groups in total. The molecule has 20 heavy (non-hydrogen) atoms. The Balaban J connectivity index is 2.69. The number of nitrogens with one attached hydrogen (secondary N) is 2. The maximum atomic E-state index is 12.2. The molecule has 1 heterocycles. The maximum absolute atomic E-state index is 12.2. The molecule has 0 bridgehead atoms. The Morgan fingerprint density at radius 2 is 1.95 bits per heavy atom. The molecular weight excluding hydrogens is 250 g/mol. The molecular formula is C16H27N3O. The Hall–Kier alpha value is -1.58. The van der Waals surface area contributed by atoms with Gasteiger partial charge >= 0.3 is 0 Å². The lowest BCUT2D eigenvalue weighted by Crippen LogP contribution is -2.25. The first kappa shape index (κ1) is 16.5. The molecule has 0 aliphatic heterocycles. The SMILES string of the molecule is CNc1cc(C(=O)NCCCC(C)C)cc(C(C)C)n1. The van der Waals surface area contributed by atoms with Gasteiger partial charge in [-0.3, -0.25) is 4.79 Å². The molecule has 4 heteroatoms. The Bertz CT molecular complexity index is 441. The average molecular weight is 277 g/mol. The molecule has 1 aromatic rings. The van der Waals surface area contributed by atoms with Crippen LogP contribution in [0.2, 0.25) is 0 Å². The minimum Gasteiger partial charge on any atom is -0.373 e. The molecule has 1 aromatic heterocycles. The molecule has 0 fully saturated rings. The monoisotopic (exact) mass is 277 g/mol. The van der Waals surface area contributed by atoms with Crippen LogP contribution in [0, 0.1) is 5.92 Å². The molecule has 0 aliphatic rings. The lowest BCUT2D eigenvalue weighted by Gasteiger charge is -2.11. The molecule has 1 amide bonds. The first-order valence-corrected chi connectivity index (χ1v) is 7.42. The van der Waals surface area contributed by atoms with Gasteiger partial charge in [0.15, 0.2) is 0 Å². The van der Waals surface area contributed by atoms with Crippen LogP contribution in [0.25, 0.3) is 0 Å². The van der Waals surface area contributed by atoms with Gasteiger partial charge in [0.1, 0.15) is 5.82 Å². The number of hydrogen-bond donors (Lipinski definition) is 2. The van der Waals surface area contributed by atoms with Crippen molar-refractivity contribution in [2.75, 3.05) is 18.9 Å². The Morgan fingerprint density at radius 3 is 2.50 bits per heavy atom. The number of carbonyl (C=O) groups excluding carboxylic acids is 1. The molecule has 1 rings (SSSR count). The van der Waals surface area contributed by atoms with Crippen LogP contribution in [0.15, 0.2) is 12.1 Å². The zero-order valence-corrected chi connectivity index (χ0v) is 13.3. The first-order chi connectivity index (χ1) is 9.43. The number of nitrogens with zero attached hydrogens (tertiary/aromatic N) is 1. The number of hydrogen-bond acceptors (Lipinski definition) is 3. The lowest BCUT2D eigenvalue weighted by atomic mass is 10.1. The van der Waals surface area contributed by atoms with Crippen molar-refractivity contribution in [1.29, 1.82) is 0 Å². The number of pyridine rings is 1. The largest absolute Gasteiger partial charge is 0.373 e. The molecule has 0 saturated carbocycles. The Labute approximate surface area is 122 Å². The van der Waals surface area contributed by atoms with Crippen molar-refractivity contribution in [3.8, 4) is 0 Å². The predicted molar refractivity (Wildman–Crippen MR) is 84.3 cm³/mol. The van der Waals surface area contributed by atoms with E-state index in [1.54, 1.807) is 6.07 Å². The number of carbonyl (C=O) groups is 1. The molecule has 0 atom stereocenters. The van der Waals surface area contributed by atoms with Gasteiger partial charge in [-0.15, -0.1) is 0 Å². The summed E-state index contributed by atoms with van der Waals surface area (Å²) in [7, 11) is 1.82. The normalized spacial score (nSPS) is 10.9. The van der Waals surface area contributed by atoms with E-state index in [9.17, 15) is 4.79 Å². The van der Waals surface area contributed by atoms with Gasteiger partial charge in [-0.1, -0.05) is 27.7 Å². The predicted octanol–water partition coefficient (Wildman–Crippen LogP) is 3.41. The summed E-state index contributed by atoms with van der Waals surface area (Å²) in [6, 6.07) is 3.67. The summed E-state index contributed by atoms with van der Waals surface area (Å²) >= 11 is 0. The van der Waals surface area contributed by atoms with Gasteiger partial charge < -0.3 is 10.6 Å². The van der Waals surface area contributed by atoms with Crippen molar-refractivity contribution < 1.29 is 4.79 Å².